The van der Waals surface area contributed by atoms with E-state index in [0.29, 0.717) is 17.0 Å². The first kappa shape index (κ1) is 23.3. The van der Waals surface area contributed by atoms with E-state index < -0.39 is 17.7 Å². The molecule has 1 aliphatic rings. The molecule has 0 radical (unpaired) electrons. The lowest BCUT2D eigenvalue weighted by molar-refractivity contribution is -0.132. The predicted molar refractivity (Wildman–Crippen MR) is 134 cm³/mol. The van der Waals surface area contributed by atoms with Gasteiger partial charge in [0.1, 0.15) is 11.5 Å². The lowest BCUT2D eigenvalue weighted by Gasteiger charge is -2.27. The van der Waals surface area contributed by atoms with E-state index in [9.17, 15) is 14.7 Å². The van der Waals surface area contributed by atoms with Gasteiger partial charge in [-0.1, -0.05) is 69.3 Å². The summed E-state index contributed by atoms with van der Waals surface area (Å²) in [5, 5.41) is 11.6. The Kier molecular flexibility index (Phi) is 6.05. The summed E-state index contributed by atoms with van der Waals surface area (Å²) in [7, 11) is 1.52. The zero-order chi connectivity index (χ0) is 24.6. The summed E-state index contributed by atoms with van der Waals surface area (Å²) in [4.78, 5) is 28.2. The summed E-state index contributed by atoms with van der Waals surface area (Å²) in [6.07, 6.45) is 0. The number of hydrogen-bond donors (Lipinski definition) is 1. The van der Waals surface area contributed by atoms with Gasteiger partial charge < -0.3 is 9.84 Å². The SMILES string of the molecule is COc1ccc(C(C)(C)C)cc1/C(O)=C1\C(=O)C(=O)N(c2ccccc2)C1c1ccccc1C. The molecule has 0 aliphatic carbocycles. The fourth-order valence-corrected chi connectivity index (χ4v) is 4.38. The van der Waals surface area contributed by atoms with Gasteiger partial charge in [0.15, 0.2) is 0 Å². The zero-order valence-corrected chi connectivity index (χ0v) is 20.1. The molecule has 34 heavy (non-hydrogen) atoms. The van der Waals surface area contributed by atoms with Crippen LogP contribution in [0.15, 0.2) is 78.4 Å². The molecule has 1 aliphatic heterocycles. The largest absolute Gasteiger partial charge is 0.507 e. The number of benzene rings is 3. The Morgan fingerprint density at radius 1 is 0.941 bits per heavy atom. The maximum absolute atomic E-state index is 13.4. The molecule has 174 valence electrons. The van der Waals surface area contributed by atoms with Crippen LogP contribution < -0.4 is 9.64 Å². The maximum atomic E-state index is 13.4. The number of carbonyl (C=O) groups is 2. The van der Waals surface area contributed by atoms with Crippen LogP contribution in [0.25, 0.3) is 5.76 Å². The summed E-state index contributed by atoms with van der Waals surface area (Å²) in [5.41, 5.74) is 3.50. The van der Waals surface area contributed by atoms with Gasteiger partial charge in [-0.15, -0.1) is 0 Å². The number of ketones is 1. The summed E-state index contributed by atoms with van der Waals surface area (Å²) in [6.45, 7) is 8.14. The summed E-state index contributed by atoms with van der Waals surface area (Å²) >= 11 is 0. The molecule has 0 aromatic heterocycles. The van der Waals surface area contributed by atoms with Crippen molar-refractivity contribution in [3.05, 3.63) is 101 Å². The Bertz CT molecular complexity index is 1280. The number of rotatable bonds is 4. The molecule has 3 aromatic rings. The standard InChI is InChI=1S/C29H29NO4/c1-18-11-9-10-14-21(18)25-24(27(32)28(33)30(25)20-12-7-6-8-13-20)26(31)22-17-19(29(2,3)4)15-16-23(22)34-5/h6-17,25,31H,1-5H3/b26-24+. The molecule has 0 spiro atoms. The third-order valence-corrected chi connectivity index (χ3v) is 6.28. The smallest absolute Gasteiger partial charge is 0.300 e. The van der Waals surface area contributed by atoms with Gasteiger partial charge in [-0.25, -0.2) is 0 Å². The fourth-order valence-electron chi connectivity index (χ4n) is 4.38. The molecule has 5 nitrogen and oxygen atoms in total. The van der Waals surface area contributed by atoms with Crippen molar-refractivity contribution in [1.29, 1.82) is 0 Å². The highest BCUT2D eigenvalue weighted by Gasteiger charge is 2.47. The lowest BCUT2D eigenvalue weighted by Crippen LogP contribution is -2.29. The van der Waals surface area contributed by atoms with Crippen LogP contribution in [0.3, 0.4) is 0 Å². The molecule has 1 fully saturated rings. The van der Waals surface area contributed by atoms with E-state index >= 15 is 0 Å². The van der Waals surface area contributed by atoms with E-state index in [2.05, 4.69) is 20.8 Å². The number of hydrogen-bond acceptors (Lipinski definition) is 4. The molecule has 0 bridgehead atoms. The number of aryl methyl sites for hydroxylation is 1. The highest BCUT2D eigenvalue weighted by atomic mass is 16.5. The van der Waals surface area contributed by atoms with E-state index in [1.165, 1.54) is 12.0 Å². The summed E-state index contributed by atoms with van der Waals surface area (Å²) in [6, 6.07) is 21.4. The molecule has 0 saturated carbocycles. The normalized spacial score (nSPS) is 17.8. The van der Waals surface area contributed by atoms with Gasteiger partial charge in [-0.3, -0.25) is 14.5 Å². The second-order valence-electron chi connectivity index (χ2n) is 9.53. The highest BCUT2D eigenvalue weighted by Crippen LogP contribution is 2.44. The Hall–Kier alpha value is -3.86. The molecule has 1 heterocycles. The Balaban J connectivity index is 2.02. The van der Waals surface area contributed by atoms with Crippen LogP contribution in [0.5, 0.6) is 5.75 Å². The van der Waals surface area contributed by atoms with E-state index in [1.54, 1.807) is 18.2 Å². The number of methoxy groups -OCH3 is 1. The first-order valence-electron chi connectivity index (χ1n) is 11.3. The van der Waals surface area contributed by atoms with Crippen molar-refractivity contribution < 1.29 is 19.4 Å². The number of nitrogens with zero attached hydrogens (tertiary/aromatic N) is 1. The van der Waals surface area contributed by atoms with Crippen LogP contribution in [0.1, 0.15) is 49.1 Å². The second kappa shape index (κ2) is 8.82. The Morgan fingerprint density at radius 2 is 1.59 bits per heavy atom. The molecular weight excluding hydrogens is 426 g/mol. The van der Waals surface area contributed by atoms with Crippen LogP contribution in [-0.4, -0.2) is 23.9 Å². The number of ether oxygens (including phenoxy) is 1. The first-order valence-corrected chi connectivity index (χ1v) is 11.3. The number of Topliss-reactive ketones (excluding diaryl/α,β-unsaturated/α-hetero) is 1. The third kappa shape index (κ3) is 3.98. The van der Waals surface area contributed by atoms with Crippen molar-refractivity contribution in [1.82, 2.24) is 0 Å². The van der Waals surface area contributed by atoms with Crippen LogP contribution in [0.4, 0.5) is 5.69 Å². The molecule has 1 atom stereocenters. The third-order valence-electron chi connectivity index (χ3n) is 6.28. The minimum atomic E-state index is -0.772. The number of anilines is 1. The van der Waals surface area contributed by atoms with Crippen molar-refractivity contribution in [2.75, 3.05) is 12.0 Å². The summed E-state index contributed by atoms with van der Waals surface area (Å²) in [5.74, 6) is -1.21. The molecule has 5 heteroatoms. The van der Waals surface area contributed by atoms with E-state index in [4.69, 9.17) is 4.74 Å². The zero-order valence-electron chi connectivity index (χ0n) is 20.1. The van der Waals surface area contributed by atoms with E-state index in [1.807, 2.05) is 61.5 Å². The number of aliphatic hydroxyl groups is 1. The number of carbonyl (C=O) groups excluding carboxylic acids is 2. The minimum Gasteiger partial charge on any atom is -0.507 e. The average Bonchev–Trinajstić information content (AvgIpc) is 3.08. The van der Waals surface area contributed by atoms with Gasteiger partial charge in [0.25, 0.3) is 11.7 Å². The van der Waals surface area contributed by atoms with Crippen molar-refractivity contribution in [2.24, 2.45) is 0 Å². The van der Waals surface area contributed by atoms with E-state index in [-0.39, 0.29) is 16.7 Å². The quantitative estimate of drug-likeness (QED) is 0.301. The molecule has 1 N–H and O–H groups in total. The van der Waals surface area contributed by atoms with Crippen molar-refractivity contribution in [2.45, 2.75) is 39.2 Å². The van der Waals surface area contributed by atoms with Crippen LogP contribution in [0.2, 0.25) is 0 Å². The van der Waals surface area contributed by atoms with Crippen LogP contribution in [0, 0.1) is 6.92 Å². The van der Waals surface area contributed by atoms with Crippen LogP contribution >= 0.6 is 0 Å². The van der Waals surface area contributed by atoms with E-state index in [0.717, 1.165) is 16.7 Å². The van der Waals surface area contributed by atoms with Gasteiger partial charge in [0.05, 0.1) is 24.3 Å². The Morgan fingerprint density at radius 3 is 2.21 bits per heavy atom. The maximum Gasteiger partial charge on any atom is 0.300 e. The number of amides is 1. The first-order chi connectivity index (χ1) is 16.1. The highest BCUT2D eigenvalue weighted by molar-refractivity contribution is 6.51. The predicted octanol–water partition coefficient (Wildman–Crippen LogP) is 5.93. The van der Waals surface area contributed by atoms with Gasteiger partial charge in [-0.2, -0.15) is 0 Å². The molecule has 3 aromatic carbocycles. The van der Waals surface area contributed by atoms with Crippen molar-refractivity contribution in [3.63, 3.8) is 0 Å². The van der Waals surface area contributed by atoms with Crippen molar-refractivity contribution >= 4 is 23.1 Å². The minimum absolute atomic E-state index is 0.0486. The average molecular weight is 456 g/mol. The fraction of sp³-hybridized carbons (Fsp3) is 0.241. The van der Waals surface area contributed by atoms with Gasteiger partial charge in [0, 0.05) is 5.69 Å². The number of aliphatic hydroxyl groups excluding tert-OH is 1. The number of para-hydroxylation sites is 1. The lowest BCUT2D eigenvalue weighted by atomic mass is 9.85. The topological polar surface area (TPSA) is 66.8 Å². The molecule has 1 saturated heterocycles. The van der Waals surface area contributed by atoms with Gasteiger partial charge >= 0.3 is 0 Å². The molecule has 1 unspecified atom stereocenters. The van der Waals surface area contributed by atoms with Gasteiger partial charge in [0.2, 0.25) is 0 Å². The summed E-state index contributed by atoms with van der Waals surface area (Å²) < 4.78 is 5.53. The monoisotopic (exact) mass is 455 g/mol. The molecule has 1 amide bonds. The van der Waals surface area contributed by atoms with Crippen LogP contribution in [-0.2, 0) is 15.0 Å². The molecular formula is C29H29NO4. The molecule has 4 rings (SSSR count). The Labute approximate surface area is 200 Å². The van der Waals surface area contributed by atoms with Gasteiger partial charge in [-0.05, 0) is 53.3 Å². The second-order valence-corrected chi connectivity index (χ2v) is 9.53. The van der Waals surface area contributed by atoms with Crippen molar-refractivity contribution in [3.8, 4) is 5.75 Å².